The molecule has 0 saturated carbocycles. The number of benzene rings is 1. The van der Waals surface area contributed by atoms with Crippen molar-refractivity contribution >= 4 is 33.5 Å². The molecule has 1 aromatic heterocycles. The summed E-state index contributed by atoms with van der Waals surface area (Å²) in [6.07, 6.45) is 0. The maximum absolute atomic E-state index is 4.57. The maximum Gasteiger partial charge on any atom is 0.0838 e. The largest absolute Gasteiger partial charge is 0.252 e. The molecule has 2 aromatic rings. The van der Waals surface area contributed by atoms with Gasteiger partial charge in [-0.15, -0.1) is 0 Å². The van der Waals surface area contributed by atoms with Gasteiger partial charge in [0.15, 0.2) is 0 Å². The van der Waals surface area contributed by atoms with E-state index in [9.17, 15) is 0 Å². The zero-order chi connectivity index (χ0) is 9.42. The van der Waals surface area contributed by atoms with Gasteiger partial charge in [-0.05, 0) is 54.1 Å². The van der Waals surface area contributed by atoms with Gasteiger partial charge in [-0.2, -0.15) is 0 Å². The number of rotatable bonds is 0. The first-order valence-electron chi connectivity index (χ1n) is 4.21. The average Bonchev–Trinajstić information content (AvgIpc) is 2.09. The Morgan fingerprint density at radius 1 is 1.23 bits per heavy atom. The second kappa shape index (κ2) is 3.25. The molecule has 66 valence electrons. The minimum Gasteiger partial charge on any atom is -0.252 e. The number of nitrogens with zero attached hydrogens (tertiary/aromatic N) is 1. The van der Waals surface area contributed by atoms with E-state index in [0.29, 0.717) is 0 Å². The Hall–Kier alpha value is -0.640. The van der Waals surface area contributed by atoms with Crippen molar-refractivity contribution in [3.05, 3.63) is 39.1 Å². The Balaban J connectivity index is 2.89. The molecule has 0 aliphatic heterocycles. The van der Waals surface area contributed by atoms with Gasteiger partial charge in [0.2, 0.25) is 0 Å². The fourth-order valence-electron chi connectivity index (χ4n) is 1.36. The Kier molecular flexibility index (Phi) is 2.24. The molecule has 13 heavy (non-hydrogen) atoms. The fourth-order valence-corrected chi connectivity index (χ4v) is 2.00. The third-order valence-corrected chi connectivity index (χ3v) is 3.11. The zero-order valence-electron chi connectivity index (χ0n) is 7.63. The van der Waals surface area contributed by atoms with Gasteiger partial charge in [0.1, 0.15) is 0 Å². The van der Waals surface area contributed by atoms with Crippen LogP contribution < -0.4 is 0 Å². The number of halogens is 1. The van der Waals surface area contributed by atoms with E-state index >= 15 is 0 Å². The SMILES string of the molecule is Cc1cc2cccc(I)c2nc1C. The molecule has 0 bridgehead atoms. The Labute approximate surface area is 91.3 Å². The molecule has 2 rings (SSSR count). The molecular formula is C11H10IN. The van der Waals surface area contributed by atoms with E-state index in [-0.39, 0.29) is 0 Å². The lowest BCUT2D eigenvalue weighted by molar-refractivity contribution is 1.19. The smallest absolute Gasteiger partial charge is 0.0838 e. The molecule has 0 radical (unpaired) electrons. The quantitative estimate of drug-likeness (QED) is 0.675. The lowest BCUT2D eigenvalue weighted by Crippen LogP contribution is -1.89. The van der Waals surface area contributed by atoms with Crippen LogP contribution in [-0.2, 0) is 0 Å². The van der Waals surface area contributed by atoms with Crippen molar-refractivity contribution in [1.29, 1.82) is 0 Å². The molecule has 0 aliphatic rings. The second-order valence-electron chi connectivity index (χ2n) is 3.20. The number of hydrogen-bond donors (Lipinski definition) is 0. The minimum absolute atomic E-state index is 1.12. The minimum atomic E-state index is 1.12. The van der Waals surface area contributed by atoms with Crippen LogP contribution >= 0.6 is 22.6 Å². The number of hydrogen-bond acceptors (Lipinski definition) is 1. The Morgan fingerprint density at radius 2 is 2.00 bits per heavy atom. The number of para-hydroxylation sites is 1. The molecular weight excluding hydrogens is 273 g/mol. The fraction of sp³-hybridized carbons (Fsp3) is 0.182. The van der Waals surface area contributed by atoms with Crippen LogP contribution in [-0.4, -0.2) is 4.98 Å². The van der Waals surface area contributed by atoms with Gasteiger partial charge in [-0.1, -0.05) is 12.1 Å². The van der Waals surface area contributed by atoms with Gasteiger partial charge >= 0.3 is 0 Å². The zero-order valence-corrected chi connectivity index (χ0v) is 9.79. The van der Waals surface area contributed by atoms with Crippen LogP contribution in [0, 0.1) is 17.4 Å². The summed E-state index contributed by atoms with van der Waals surface area (Å²) >= 11 is 2.32. The number of aromatic nitrogens is 1. The topological polar surface area (TPSA) is 12.9 Å². The molecule has 0 unspecified atom stereocenters. The molecule has 2 heteroatoms. The molecule has 0 atom stereocenters. The molecule has 0 aliphatic carbocycles. The normalized spacial score (nSPS) is 10.7. The third-order valence-electron chi connectivity index (χ3n) is 2.24. The predicted octanol–water partition coefficient (Wildman–Crippen LogP) is 3.46. The standard InChI is InChI=1S/C11H10IN/c1-7-6-9-4-3-5-10(12)11(9)13-8(7)2/h3-6H,1-2H3. The van der Waals surface area contributed by atoms with Gasteiger partial charge in [0.25, 0.3) is 0 Å². The summed E-state index contributed by atoms with van der Waals surface area (Å²) in [5.74, 6) is 0. The van der Waals surface area contributed by atoms with Crippen molar-refractivity contribution < 1.29 is 0 Å². The molecule has 0 fully saturated rings. The average molecular weight is 283 g/mol. The van der Waals surface area contributed by atoms with Gasteiger partial charge in [-0.25, -0.2) is 0 Å². The van der Waals surface area contributed by atoms with Gasteiger partial charge in [0, 0.05) is 14.7 Å². The number of fused-ring (bicyclic) bond motifs is 1. The Morgan fingerprint density at radius 3 is 2.77 bits per heavy atom. The van der Waals surface area contributed by atoms with Crippen LogP contribution in [0.25, 0.3) is 10.9 Å². The summed E-state index contributed by atoms with van der Waals surface area (Å²) in [6.45, 7) is 4.15. The highest BCUT2D eigenvalue weighted by atomic mass is 127. The van der Waals surface area contributed by atoms with Crippen LogP contribution in [0.2, 0.25) is 0 Å². The number of pyridine rings is 1. The van der Waals surface area contributed by atoms with Gasteiger partial charge in [0.05, 0.1) is 5.52 Å². The first kappa shape index (κ1) is 8.94. The first-order valence-corrected chi connectivity index (χ1v) is 5.29. The third kappa shape index (κ3) is 1.55. The van der Waals surface area contributed by atoms with Crippen molar-refractivity contribution in [1.82, 2.24) is 4.98 Å². The van der Waals surface area contributed by atoms with E-state index in [2.05, 4.69) is 65.7 Å². The lowest BCUT2D eigenvalue weighted by Gasteiger charge is -2.03. The summed E-state index contributed by atoms with van der Waals surface area (Å²) in [5, 5.41) is 1.23. The Bertz CT molecular complexity index is 463. The van der Waals surface area contributed by atoms with Crippen molar-refractivity contribution in [3.8, 4) is 0 Å². The van der Waals surface area contributed by atoms with E-state index in [0.717, 1.165) is 11.2 Å². The molecule has 1 heterocycles. The highest BCUT2D eigenvalue weighted by Crippen LogP contribution is 2.20. The van der Waals surface area contributed by atoms with Crippen molar-refractivity contribution in [2.24, 2.45) is 0 Å². The molecule has 0 amide bonds. The summed E-state index contributed by atoms with van der Waals surface area (Å²) in [4.78, 5) is 4.57. The molecule has 0 spiro atoms. The molecule has 0 N–H and O–H groups in total. The van der Waals surface area contributed by atoms with Crippen molar-refractivity contribution in [2.75, 3.05) is 0 Å². The summed E-state index contributed by atoms with van der Waals surface area (Å²) in [5.41, 5.74) is 3.50. The molecule has 0 saturated heterocycles. The van der Waals surface area contributed by atoms with E-state index in [4.69, 9.17) is 0 Å². The van der Waals surface area contributed by atoms with Crippen LogP contribution in [0.5, 0.6) is 0 Å². The first-order chi connectivity index (χ1) is 6.18. The summed E-state index contributed by atoms with van der Waals surface area (Å²) in [7, 11) is 0. The second-order valence-corrected chi connectivity index (χ2v) is 4.36. The van der Waals surface area contributed by atoms with Crippen LogP contribution in [0.3, 0.4) is 0 Å². The summed E-state index contributed by atoms with van der Waals surface area (Å²) < 4.78 is 1.22. The van der Waals surface area contributed by atoms with Crippen molar-refractivity contribution in [3.63, 3.8) is 0 Å². The highest BCUT2D eigenvalue weighted by molar-refractivity contribution is 14.1. The maximum atomic E-state index is 4.57. The van der Waals surface area contributed by atoms with E-state index < -0.39 is 0 Å². The number of aryl methyl sites for hydroxylation is 2. The summed E-state index contributed by atoms with van der Waals surface area (Å²) in [6, 6.07) is 8.46. The molecule has 1 aromatic carbocycles. The predicted molar refractivity (Wildman–Crippen MR) is 63.9 cm³/mol. The van der Waals surface area contributed by atoms with E-state index in [1.807, 2.05) is 0 Å². The monoisotopic (exact) mass is 283 g/mol. The van der Waals surface area contributed by atoms with Gasteiger partial charge < -0.3 is 0 Å². The van der Waals surface area contributed by atoms with Crippen LogP contribution in [0.1, 0.15) is 11.3 Å². The lowest BCUT2D eigenvalue weighted by atomic mass is 10.1. The van der Waals surface area contributed by atoms with Crippen molar-refractivity contribution in [2.45, 2.75) is 13.8 Å². The van der Waals surface area contributed by atoms with Crippen LogP contribution in [0.4, 0.5) is 0 Å². The molecule has 1 nitrogen and oxygen atoms in total. The van der Waals surface area contributed by atoms with Gasteiger partial charge in [-0.3, -0.25) is 4.98 Å². The van der Waals surface area contributed by atoms with E-state index in [1.165, 1.54) is 14.5 Å². The van der Waals surface area contributed by atoms with Crippen LogP contribution in [0.15, 0.2) is 24.3 Å². The van der Waals surface area contributed by atoms with E-state index in [1.54, 1.807) is 0 Å². The highest BCUT2D eigenvalue weighted by Gasteiger charge is 2.01.